The average molecular weight is 316 g/mol. The molecule has 124 valence electrons. The van der Waals surface area contributed by atoms with E-state index in [2.05, 4.69) is 17.6 Å². The lowest BCUT2D eigenvalue weighted by Crippen LogP contribution is -3.14. The van der Waals surface area contributed by atoms with Gasteiger partial charge in [0.05, 0.1) is 24.3 Å². The largest absolute Gasteiger partial charge is 0.349 e. The number of nitrogens with one attached hydrogen (secondary N) is 3. The SMILES string of the molecule is C[C@@H]1CCC[NH+](CC(=O)Nc2ccccc2C(=O)NC2CC2)C1. The standard InChI is InChI=1S/C18H25N3O2/c1-13-5-4-10-21(11-13)12-17(22)20-16-7-3-2-6-15(16)18(23)19-14-8-9-14/h2-3,6-7,13-14H,4-5,8-12H2,1H3,(H,19,23)(H,20,22)/p+1/t13-/m1/s1. The lowest BCUT2D eigenvalue weighted by molar-refractivity contribution is -0.900. The first-order valence-electron chi connectivity index (χ1n) is 8.65. The van der Waals surface area contributed by atoms with Gasteiger partial charge in [-0.25, -0.2) is 0 Å². The summed E-state index contributed by atoms with van der Waals surface area (Å²) in [6.07, 6.45) is 4.55. The Bertz CT molecular complexity index is 583. The Morgan fingerprint density at radius 1 is 1.22 bits per heavy atom. The molecule has 0 spiro atoms. The molecule has 1 saturated heterocycles. The Morgan fingerprint density at radius 3 is 2.74 bits per heavy atom. The van der Waals surface area contributed by atoms with Crippen molar-refractivity contribution < 1.29 is 14.5 Å². The number of hydrogen-bond acceptors (Lipinski definition) is 2. The molecule has 5 nitrogen and oxygen atoms in total. The molecule has 1 aromatic rings. The smallest absolute Gasteiger partial charge is 0.279 e. The number of carbonyl (C=O) groups is 2. The number of para-hydroxylation sites is 1. The van der Waals surface area contributed by atoms with Gasteiger partial charge in [0.15, 0.2) is 6.54 Å². The van der Waals surface area contributed by atoms with Crippen molar-refractivity contribution in [1.82, 2.24) is 5.32 Å². The van der Waals surface area contributed by atoms with Crippen LogP contribution >= 0.6 is 0 Å². The van der Waals surface area contributed by atoms with Crippen LogP contribution in [0.15, 0.2) is 24.3 Å². The molecule has 0 bridgehead atoms. The average Bonchev–Trinajstić information content (AvgIpc) is 3.31. The quantitative estimate of drug-likeness (QED) is 0.753. The third-order valence-corrected chi connectivity index (χ3v) is 4.63. The predicted molar refractivity (Wildman–Crippen MR) is 89.5 cm³/mol. The van der Waals surface area contributed by atoms with Gasteiger partial charge in [-0.05, 0) is 37.8 Å². The first-order chi connectivity index (χ1) is 11.1. The summed E-state index contributed by atoms with van der Waals surface area (Å²) in [4.78, 5) is 25.9. The number of rotatable bonds is 5. The number of carbonyl (C=O) groups excluding carboxylic acids is 2. The number of anilines is 1. The molecule has 2 aliphatic rings. The molecule has 2 fully saturated rings. The van der Waals surface area contributed by atoms with Crippen molar-refractivity contribution in [3.8, 4) is 0 Å². The molecule has 2 atom stereocenters. The molecule has 3 rings (SSSR count). The minimum atomic E-state index is -0.0951. The van der Waals surface area contributed by atoms with Crippen molar-refractivity contribution in [2.75, 3.05) is 25.0 Å². The fourth-order valence-electron chi connectivity index (χ4n) is 3.26. The van der Waals surface area contributed by atoms with Crippen LogP contribution in [-0.4, -0.2) is 37.5 Å². The number of likely N-dealkylation sites (tertiary alicyclic amines) is 1. The zero-order valence-corrected chi connectivity index (χ0v) is 13.7. The van der Waals surface area contributed by atoms with Crippen LogP contribution in [0.3, 0.4) is 0 Å². The number of piperidine rings is 1. The van der Waals surface area contributed by atoms with Gasteiger partial charge in [0, 0.05) is 12.0 Å². The van der Waals surface area contributed by atoms with E-state index in [-0.39, 0.29) is 11.8 Å². The first kappa shape index (κ1) is 16.0. The highest BCUT2D eigenvalue weighted by molar-refractivity contribution is 6.04. The highest BCUT2D eigenvalue weighted by atomic mass is 16.2. The molecular formula is C18H26N3O2+. The summed E-state index contributed by atoms with van der Waals surface area (Å²) in [5.41, 5.74) is 1.16. The van der Waals surface area contributed by atoms with E-state index in [1.165, 1.54) is 17.7 Å². The second-order valence-corrected chi connectivity index (χ2v) is 6.97. The zero-order valence-electron chi connectivity index (χ0n) is 13.7. The van der Waals surface area contributed by atoms with Crippen molar-refractivity contribution in [3.63, 3.8) is 0 Å². The number of benzene rings is 1. The lowest BCUT2D eigenvalue weighted by atomic mass is 10.0. The molecular weight excluding hydrogens is 290 g/mol. The van der Waals surface area contributed by atoms with Crippen LogP contribution in [0.4, 0.5) is 5.69 Å². The predicted octanol–water partition coefficient (Wildman–Crippen LogP) is 0.832. The normalized spacial score (nSPS) is 24.0. The summed E-state index contributed by atoms with van der Waals surface area (Å²) in [5, 5.41) is 5.90. The molecule has 0 radical (unpaired) electrons. The van der Waals surface area contributed by atoms with Crippen molar-refractivity contribution in [3.05, 3.63) is 29.8 Å². The number of amides is 2. The van der Waals surface area contributed by atoms with Crippen LogP contribution in [0.1, 0.15) is 43.0 Å². The molecule has 3 N–H and O–H groups in total. The Hall–Kier alpha value is -1.88. The fourth-order valence-corrected chi connectivity index (χ4v) is 3.26. The Morgan fingerprint density at radius 2 is 2.00 bits per heavy atom. The van der Waals surface area contributed by atoms with E-state index in [0.717, 1.165) is 25.9 Å². The summed E-state index contributed by atoms with van der Waals surface area (Å²) in [6.45, 7) is 4.83. The minimum absolute atomic E-state index is 0.0132. The van der Waals surface area contributed by atoms with Crippen LogP contribution in [0.2, 0.25) is 0 Å². The van der Waals surface area contributed by atoms with Crippen molar-refractivity contribution in [2.45, 2.75) is 38.6 Å². The Labute approximate surface area is 137 Å². The third kappa shape index (κ3) is 4.55. The second kappa shape index (κ2) is 7.13. The van der Waals surface area contributed by atoms with Crippen LogP contribution in [0, 0.1) is 5.92 Å². The van der Waals surface area contributed by atoms with Gasteiger partial charge >= 0.3 is 0 Å². The summed E-state index contributed by atoms with van der Waals surface area (Å²) in [7, 11) is 0. The molecule has 2 amide bonds. The van der Waals surface area contributed by atoms with Crippen molar-refractivity contribution >= 4 is 17.5 Å². The highest BCUT2D eigenvalue weighted by Crippen LogP contribution is 2.21. The van der Waals surface area contributed by atoms with Crippen LogP contribution in [0.5, 0.6) is 0 Å². The topological polar surface area (TPSA) is 62.6 Å². The lowest BCUT2D eigenvalue weighted by Gasteiger charge is -2.27. The maximum absolute atomic E-state index is 12.3. The van der Waals surface area contributed by atoms with E-state index in [0.29, 0.717) is 29.8 Å². The van der Waals surface area contributed by atoms with E-state index in [9.17, 15) is 9.59 Å². The molecule has 1 heterocycles. The second-order valence-electron chi connectivity index (χ2n) is 6.97. The van der Waals surface area contributed by atoms with Gasteiger partial charge in [-0.2, -0.15) is 0 Å². The first-order valence-corrected chi connectivity index (χ1v) is 8.65. The molecule has 5 heteroatoms. The van der Waals surface area contributed by atoms with Crippen molar-refractivity contribution in [2.24, 2.45) is 5.92 Å². The molecule has 0 aromatic heterocycles. The van der Waals surface area contributed by atoms with Gasteiger partial charge in [-0.15, -0.1) is 0 Å². The minimum Gasteiger partial charge on any atom is -0.349 e. The molecule has 23 heavy (non-hydrogen) atoms. The number of hydrogen-bond donors (Lipinski definition) is 3. The fraction of sp³-hybridized carbons (Fsp3) is 0.556. The summed E-state index contributed by atoms with van der Waals surface area (Å²) < 4.78 is 0. The van der Waals surface area contributed by atoms with Crippen LogP contribution in [0.25, 0.3) is 0 Å². The molecule has 1 aliphatic carbocycles. The monoisotopic (exact) mass is 316 g/mol. The van der Waals surface area contributed by atoms with Gasteiger partial charge in [-0.3, -0.25) is 9.59 Å². The van der Waals surface area contributed by atoms with Crippen LogP contribution < -0.4 is 15.5 Å². The van der Waals surface area contributed by atoms with Gasteiger partial charge in [0.25, 0.3) is 11.8 Å². The van der Waals surface area contributed by atoms with E-state index >= 15 is 0 Å². The Kier molecular flexibility index (Phi) is 4.96. The van der Waals surface area contributed by atoms with Crippen molar-refractivity contribution in [1.29, 1.82) is 0 Å². The molecule has 1 unspecified atom stereocenters. The maximum Gasteiger partial charge on any atom is 0.279 e. The highest BCUT2D eigenvalue weighted by Gasteiger charge is 2.26. The van der Waals surface area contributed by atoms with E-state index in [1.807, 2.05) is 12.1 Å². The summed E-state index contributed by atoms with van der Waals surface area (Å²) in [5.74, 6) is 0.575. The maximum atomic E-state index is 12.3. The number of quaternary nitrogens is 1. The van der Waals surface area contributed by atoms with E-state index < -0.39 is 0 Å². The van der Waals surface area contributed by atoms with Crippen LogP contribution in [-0.2, 0) is 4.79 Å². The van der Waals surface area contributed by atoms with E-state index in [1.54, 1.807) is 12.1 Å². The van der Waals surface area contributed by atoms with Gasteiger partial charge < -0.3 is 15.5 Å². The third-order valence-electron chi connectivity index (χ3n) is 4.63. The van der Waals surface area contributed by atoms with Gasteiger partial charge in [0.1, 0.15) is 0 Å². The zero-order chi connectivity index (χ0) is 16.2. The summed E-state index contributed by atoms with van der Waals surface area (Å²) >= 11 is 0. The molecule has 1 aliphatic heterocycles. The van der Waals surface area contributed by atoms with E-state index in [4.69, 9.17) is 0 Å². The van der Waals surface area contributed by atoms with Gasteiger partial charge in [0.2, 0.25) is 0 Å². The molecule has 1 saturated carbocycles. The Balaban J connectivity index is 1.60. The molecule has 1 aromatic carbocycles. The summed E-state index contributed by atoms with van der Waals surface area (Å²) in [6, 6.07) is 7.55. The van der Waals surface area contributed by atoms with Gasteiger partial charge in [-0.1, -0.05) is 19.1 Å².